The van der Waals surface area contributed by atoms with Gasteiger partial charge in [-0.1, -0.05) is 29.8 Å². The molecule has 0 bridgehead atoms. The maximum Gasteiger partial charge on any atom is 0.337 e. The molecule has 0 saturated carbocycles. The van der Waals surface area contributed by atoms with Crippen molar-refractivity contribution in [3.8, 4) is 11.1 Å². The number of aromatic nitrogens is 1. The molecule has 0 radical (unpaired) electrons. The van der Waals surface area contributed by atoms with Crippen molar-refractivity contribution in [2.75, 3.05) is 11.9 Å². The van der Waals surface area contributed by atoms with Gasteiger partial charge in [-0.3, -0.25) is 4.98 Å². The van der Waals surface area contributed by atoms with Crippen molar-refractivity contribution in [3.63, 3.8) is 0 Å². The number of aryl methyl sites for hydroxylation is 4. The van der Waals surface area contributed by atoms with Crippen molar-refractivity contribution in [2.24, 2.45) is 0 Å². The van der Waals surface area contributed by atoms with E-state index in [1.165, 1.54) is 5.56 Å². The lowest BCUT2D eigenvalue weighted by molar-refractivity contribution is -0.160. The van der Waals surface area contributed by atoms with Crippen LogP contribution in [-0.2, 0) is 16.0 Å². The molecule has 5 heteroatoms. The van der Waals surface area contributed by atoms with Crippen LogP contribution in [0.1, 0.15) is 61.1 Å². The number of rotatable bonds is 4. The maximum atomic E-state index is 12.5. The number of aliphatic carboxylic acids is 1. The van der Waals surface area contributed by atoms with E-state index in [1.807, 2.05) is 33.9 Å². The standard InChI is InChI=1S/C27H32N2O3/c1-15-9-11-18(12-10-15)20-16(2)22-23(29-14-19-8-7-13-28-24(19)22)17(3)21(20)25(26(30)31)32-27(4,5)6/h9-12,14,25,28H,7-8,13H2,1-6H3,(H,30,31)/t25-/m0/s1. The smallest absolute Gasteiger partial charge is 0.337 e. The van der Waals surface area contributed by atoms with Crippen molar-refractivity contribution < 1.29 is 14.6 Å². The molecule has 0 spiro atoms. The van der Waals surface area contributed by atoms with E-state index in [9.17, 15) is 9.90 Å². The second kappa shape index (κ2) is 8.21. The van der Waals surface area contributed by atoms with Gasteiger partial charge in [-0.2, -0.15) is 0 Å². The Bertz CT molecular complexity index is 1190. The minimum Gasteiger partial charge on any atom is -0.479 e. The normalized spacial score (nSPS) is 14.7. The molecule has 0 unspecified atom stereocenters. The zero-order valence-electron chi connectivity index (χ0n) is 19.8. The van der Waals surface area contributed by atoms with Crippen molar-refractivity contribution in [1.82, 2.24) is 4.98 Å². The van der Waals surface area contributed by atoms with Gasteiger partial charge in [0, 0.05) is 29.4 Å². The third-order valence-corrected chi connectivity index (χ3v) is 6.16. The van der Waals surface area contributed by atoms with Crippen LogP contribution in [0.25, 0.3) is 22.0 Å². The number of benzene rings is 2. The Morgan fingerprint density at radius 3 is 2.44 bits per heavy atom. The van der Waals surface area contributed by atoms with Gasteiger partial charge in [0.1, 0.15) is 0 Å². The number of hydrogen-bond donors (Lipinski definition) is 2. The van der Waals surface area contributed by atoms with E-state index >= 15 is 0 Å². The molecule has 2 heterocycles. The highest BCUT2D eigenvalue weighted by Gasteiger charge is 2.33. The topological polar surface area (TPSA) is 71.5 Å². The highest BCUT2D eigenvalue weighted by atomic mass is 16.5. The summed E-state index contributed by atoms with van der Waals surface area (Å²) < 4.78 is 6.13. The molecule has 1 aliphatic rings. The second-order valence-electron chi connectivity index (χ2n) is 9.77. The largest absolute Gasteiger partial charge is 0.479 e. The molecule has 168 valence electrons. The van der Waals surface area contributed by atoms with E-state index in [4.69, 9.17) is 9.72 Å². The van der Waals surface area contributed by atoms with E-state index in [2.05, 4.69) is 43.4 Å². The molecular formula is C27H32N2O3. The van der Waals surface area contributed by atoms with Gasteiger partial charge in [-0.15, -0.1) is 0 Å². The molecule has 3 aromatic rings. The number of carboxylic acids is 1. The SMILES string of the molecule is Cc1ccc(-c2c([C@H](OC(C)(C)C)C(=O)O)c(C)c3ncc4c(c3c2C)NCCC4)cc1. The van der Waals surface area contributed by atoms with Crippen LogP contribution in [0.15, 0.2) is 30.5 Å². The number of nitrogens with zero attached hydrogens (tertiary/aromatic N) is 1. The van der Waals surface area contributed by atoms with Crippen molar-refractivity contribution >= 4 is 22.6 Å². The fourth-order valence-corrected chi connectivity index (χ4v) is 4.73. The summed E-state index contributed by atoms with van der Waals surface area (Å²) in [6.07, 6.45) is 2.92. The molecule has 4 rings (SSSR count). The molecule has 0 fully saturated rings. The van der Waals surface area contributed by atoms with Crippen LogP contribution in [0.3, 0.4) is 0 Å². The monoisotopic (exact) mass is 432 g/mol. The Labute approximate surface area is 189 Å². The highest BCUT2D eigenvalue weighted by Crippen LogP contribution is 2.44. The summed E-state index contributed by atoms with van der Waals surface area (Å²) >= 11 is 0. The second-order valence-corrected chi connectivity index (χ2v) is 9.77. The fraction of sp³-hybridized carbons (Fsp3) is 0.407. The Morgan fingerprint density at radius 1 is 1.12 bits per heavy atom. The van der Waals surface area contributed by atoms with Crippen molar-refractivity contribution in [1.29, 1.82) is 0 Å². The minimum absolute atomic E-state index is 0.617. The summed E-state index contributed by atoms with van der Waals surface area (Å²) in [5, 5.41) is 14.9. The average Bonchev–Trinajstić information content (AvgIpc) is 2.74. The van der Waals surface area contributed by atoms with E-state index in [0.29, 0.717) is 5.56 Å². The number of anilines is 1. The summed E-state index contributed by atoms with van der Waals surface area (Å²) in [4.78, 5) is 17.3. The lowest BCUT2D eigenvalue weighted by atomic mass is 9.84. The molecule has 1 aliphatic heterocycles. The van der Waals surface area contributed by atoms with Crippen LogP contribution >= 0.6 is 0 Å². The molecule has 5 nitrogen and oxygen atoms in total. The van der Waals surface area contributed by atoms with Crippen LogP contribution in [0, 0.1) is 20.8 Å². The molecule has 0 saturated heterocycles. The summed E-state index contributed by atoms with van der Waals surface area (Å²) in [5.41, 5.74) is 8.22. The summed E-state index contributed by atoms with van der Waals surface area (Å²) in [7, 11) is 0. The molecule has 1 atom stereocenters. The Morgan fingerprint density at radius 2 is 1.81 bits per heavy atom. The van der Waals surface area contributed by atoms with E-state index in [0.717, 1.165) is 63.8 Å². The van der Waals surface area contributed by atoms with Crippen molar-refractivity contribution in [2.45, 2.75) is 66.1 Å². The number of carboxylic acid groups (broad SMARTS) is 1. The molecule has 0 aliphatic carbocycles. The quantitative estimate of drug-likeness (QED) is 0.519. The Hall–Kier alpha value is -2.92. The van der Waals surface area contributed by atoms with Gasteiger partial charge in [0.15, 0.2) is 6.10 Å². The van der Waals surface area contributed by atoms with Gasteiger partial charge in [-0.05, 0) is 82.2 Å². The Balaban J connectivity index is 2.12. The third-order valence-electron chi connectivity index (χ3n) is 6.16. The van der Waals surface area contributed by atoms with Gasteiger partial charge in [-0.25, -0.2) is 4.79 Å². The number of fused-ring (bicyclic) bond motifs is 3. The lowest BCUT2D eigenvalue weighted by Gasteiger charge is -2.30. The number of ether oxygens (including phenoxy) is 1. The molecule has 1 aromatic heterocycles. The van der Waals surface area contributed by atoms with Gasteiger partial charge < -0.3 is 15.2 Å². The Kier molecular flexibility index (Phi) is 5.72. The van der Waals surface area contributed by atoms with Crippen LogP contribution in [0.2, 0.25) is 0 Å². The molecule has 0 amide bonds. The zero-order chi connectivity index (χ0) is 23.2. The van der Waals surface area contributed by atoms with Crippen molar-refractivity contribution in [3.05, 3.63) is 58.3 Å². The summed E-state index contributed by atoms with van der Waals surface area (Å²) in [5.74, 6) is -0.994. The molecular weight excluding hydrogens is 400 g/mol. The van der Waals surface area contributed by atoms with Gasteiger partial charge >= 0.3 is 5.97 Å². The minimum atomic E-state index is -1.10. The number of pyridine rings is 1. The predicted molar refractivity (Wildman–Crippen MR) is 129 cm³/mol. The first-order valence-electron chi connectivity index (χ1n) is 11.2. The molecule has 2 aromatic carbocycles. The number of nitrogens with one attached hydrogen (secondary N) is 1. The summed E-state index contributed by atoms with van der Waals surface area (Å²) in [6.45, 7) is 12.7. The summed E-state index contributed by atoms with van der Waals surface area (Å²) in [6, 6.07) is 8.27. The van der Waals surface area contributed by atoms with Crippen LogP contribution in [0.5, 0.6) is 0 Å². The van der Waals surface area contributed by atoms with Crippen LogP contribution in [-0.4, -0.2) is 28.2 Å². The molecule has 2 N–H and O–H groups in total. The van der Waals surface area contributed by atoms with E-state index < -0.39 is 17.7 Å². The maximum absolute atomic E-state index is 12.5. The highest BCUT2D eigenvalue weighted by molar-refractivity contribution is 6.03. The first-order valence-corrected chi connectivity index (χ1v) is 11.2. The van der Waals surface area contributed by atoms with E-state index in [-0.39, 0.29) is 0 Å². The third kappa shape index (κ3) is 3.97. The zero-order valence-corrected chi connectivity index (χ0v) is 19.8. The lowest BCUT2D eigenvalue weighted by Crippen LogP contribution is -2.28. The van der Waals surface area contributed by atoms with Gasteiger partial charge in [0.25, 0.3) is 0 Å². The van der Waals surface area contributed by atoms with Gasteiger partial charge in [0.05, 0.1) is 11.1 Å². The molecule has 32 heavy (non-hydrogen) atoms. The van der Waals surface area contributed by atoms with E-state index in [1.54, 1.807) is 0 Å². The predicted octanol–water partition coefficient (Wildman–Crippen LogP) is 6.13. The first kappa shape index (κ1) is 22.3. The van der Waals surface area contributed by atoms with Crippen LogP contribution < -0.4 is 5.32 Å². The number of carbonyl (C=O) groups is 1. The van der Waals surface area contributed by atoms with Gasteiger partial charge in [0.2, 0.25) is 0 Å². The average molecular weight is 433 g/mol. The number of hydrogen-bond acceptors (Lipinski definition) is 4. The first-order chi connectivity index (χ1) is 15.1. The van der Waals surface area contributed by atoms with Crippen LogP contribution in [0.4, 0.5) is 5.69 Å². The fourth-order valence-electron chi connectivity index (χ4n) is 4.73.